The van der Waals surface area contributed by atoms with Gasteiger partial charge in [-0.2, -0.15) is 0 Å². The van der Waals surface area contributed by atoms with Gasteiger partial charge in [0.1, 0.15) is 0 Å². The van der Waals surface area contributed by atoms with Crippen LogP contribution in [-0.2, 0) is 5.54 Å². The van der Waals surface area contributed by atoms with E-state index in [1.54, 1.807) is 0 Å². The molecule has 1 aliphatic carbocycles. The summed E-state index contributed by atoms with van der Waals surface area (Å²) in [6, 6.07) is 9.62. The van der Waals surface area contributed by atoms with Crippen LogP contribution in [0.5, 0.6) is 0 Å². The summed E-state index contributed by atoms with van der Waals surface area (Å²) in [4.78, 5) is 5.09. The largest absolute Gasteiger partial charge is 0.309 e. The molecule has 4 heteroatoms. The molecule has 0 radical (unpaired) electrons. The maximum atomic E-state index is 6.61. The Bertz CT molecular complexity index is 533. The molecule has 0 aromatic heterocycles. The van der Waals surface area contributed by atoms with Gasteiger partial charge in [0.2, 0.25) is 0 Å². The maximum Gasteiger partial charge on any atom is 0.0604 e. The molecule has 1 heterocycles. The molecule has 1 aliphatic heterocycles. The van der Waals surface area contributed by atoms with Crippen molar-refractivity contribution in [3.63, 3.8) is 0 Å². The van der Waals surface area contributed by atoms with Crippen LogP contribution in [0.4, 0.5) is 0 Å². The highest BCUT2D eigenvalue weighted by Crippen LogP contribution is 2.43. The molecule has 1 aromatic carbocycles. The SMILES string of the molecule is CN[C@@]1(c2ccccc2Cl)CCCC[C@@H]1N1CC[C@H](N(C)C)C1. The maximum absolute atomic E-state index is 6.61. The van der Waals surface area contributed by atoms with Crippen LogP contribution < -0.4 is 5.32 Å². The van der Waals surface area contributed by atoms with Crippen molar-refractivity contribution in [2.45, 2.75) is 49.7 Å². The minimum Gasteiger partial charge on any atom is -0.309 e. The highest BCUT2D eigenvalue weighted by molar-refractivity contribution is 6.31. The van der Waals surface area contributed by atoms with E-state index < -0.39 is 0 Å². The summed E-state index contributed by atoms with van der Waals surface area (Å²) in [5.74, 6) is 0. The molecule has 23 heavy (non-hydrogen) atoms. The zero-order valence-electron chi connectivity index (χ0n) is 14.7. The Morgan fingerprint density at radius 1 is 1.22 bits per heavy atom. The van der Waals surface area contributed by atoms with E-state index in [0.29, 0.717) is 12.1 Å². The first kappa shape index (κ1) is 17.2. The number of likely N-dealkylation sites (tertiary alicyclic amines) is 1. The van der Waals surface area contributed by atoms with E-state index >= 15 is 0 Å². The molecular weight excluding hydrogens is 306 g/mol. The molecule has 0 unspecified atom stereocenters. The lowest BCUT2D eigenvalue weighted by Gasteiger charge is -2.49. The molecule has 1 N–H and O–H groups in total. The van der Waals surface area contributed by atoms with Crippen molar-refractivity contribution in [1.29, 1.82) is 0 Å². The summed E-state index contributed by atoms with van der Waals surface area (Å²) in [6.07, 6.45) is 6.29. The van der Waals surface area contributed by atoms with Gasteiger partial charge in [-0.15, -0.1) is 0 Å². The first-order valence-corrected chi connectivity index (χ1v) is 9.30. The normalized spacial score (nSPS) is 32.6. The molecule has 1 aromatic rings. The average Bonchev–Trinajstić information content (AvgIpc) is 3.05. The van der Waals surface area contributed by atoms with E-state index in [2.05, 4.69) is 48.4 Å². The Morgan fingerprint density at radius 3 is 2.65 bits per heavy atom. The second-order valence-corrected chi connectivity index (χ2v) is 7.77. The molecule has 3 nitrogen and oxygen atoms in total. The number of benzene rings is 1. The second kappa shape index (κ2) is 7.10. The van der Waals surface area contributed by atoms with Crippen molar-refractivity contribution < 1.29 is 0 Å². The van der Waals surface area contributed by atoms with Crippen molar-refractivity contribution >= 4 is 11.6 Å². The zero-order valence-corrected chi connectivity index (χ0v) is 15.4. The molecule has 2 fully saturated rings. The first-order chi connectivity index (χ1) is 11.1. The number of likely N-dealkylation sites (N-methyl/N-ethyl adjacent to an activating group) is 2. The Balaban J connectivity index is 1.92. The fourth-order valence-electron chi connectivity index (χ4n) is 4.68. The number of nitrogens with one attached hydrogen (secondary N) is 1. The first-order valence-electron chi connectivity index (χ1n) is 8.93. The highest BCUT2D eigenvalue weighted by atomic mass is 35.5. The fraction of sp³-hybridized carbons (Fsp3) is 0.684. The summed E-state index contributed by atoms with van der Waals surface area (Å²) in [7, 11) is 6.52. The predicted molar refractivity (Wildman–Crippen MR) is 98.1 cm³/mol. The third-order valence-corrected chi connectivity index (χ3v) is 6.36. The van der Waals surface area contributed by atoms with Gasteiger partial charge in [0.05, 0.1) is 5.54 Å². The van der Waals surface area contributed by atoms with Crippen LogP contribution in [0.25, 0.3) is 0 Å². The average molecular weight is 336 g/mol. The number of hydrogen-bond acceptors (Lipinski definition) is 3. The standard InChI is InChI=1S/C19H30ClN3/c1-21-19(16-8-4-5-9-17(16)20)12-7-6-10-18(19)23-13-11-15(14-23)22(2)3/h4-5,8-9,15,18,21H,6-7,10-14H2,1-3H3/t15-,18-,19+/m0/s1. The fourth-order valence-corrected chi connectivity index (χ4v) is 4.99. The van der Waals surface area contributed by atoms with Crippen LogP contribution in [0.3, 0.4) is 0 Å². The molecule has 1 saturated heterocycles. The molecule has 128 valence electrons. The Morgan fingerprint density at radius 2 is 2.00 bits per heavy atom. The summed E-state index contributed by atoms with van der Waals surface area (Å²) in [5, 5.41) is 4.61. The van der Waals surface area contributed by atoms with Crippen molar-refractivity contribution in [1.82, 2.24) is 15.1 Å². The number of hydrogen-bond donors (Lipinski definition) is 1. The molecule has 0 amide bonds. The summed E-state index contributed by atoms with van der Waals surface area (Å²) in [5.41, 5.74) is 1.26. The van der Waals surface area contributed by atoms with Gasteiger partial charge in [-0.1, -0.05) is 42.6 Å². The van der Waals surface area contributed by atoms with Gasteiger partial charge in [-0.05, 0) is 52.0 Å². The molecule has 0 spiro atoms. The van der Waals surface area contributed by atoms with E-state index in [1.165, 1.54) is 50.8 Å². The van der Waals surface area contributed by atoms with Crippen molar-refractivity contribution in [3.8, 4) is 0 Å². The van der Waals surface area contributed by atoms with E-state index in [-0.39, 0.29) is 5.54 Å². The lowest BCUT2D eigenvalue weighted by Crippen LogP contribution is -2.59. The smallest absolute Gasteiger partial charge is 0.0604 e. The topological polar surface area (TPSA) is 18.5 Å². The van der Waals surface area contributed by atoms with Crippen LogP contribution in [0.1, 0.15) is 37.7 Å². The van der Waals surface area contributed by atoms with Gasteiger partial charge in [-0.3, -0.25) is 4.90 Å². The van der Waals surface area contributed by atoms with Gasteiger partial charge < -0.3 is 10.2 Å². The Hall–Kier alpha value is -0.610. The number of nitrogens with zero attached hydrogens (tertiary/aromatic N) is 2. The lowest BCUT2D eigenvalue weighted by atomic mass is 9.72. The molecule has 1 saturated carbocycles. The van der Waals surface area contributed by atoms with Crippen LogP contribution in [0.15, 0.2) is 24.3 Å². The van der Waals surface area contributed by atoms with Crippen LogP contribution in [0.2, 0.25) is 5.02 Å². The van der Waals surface area contributed by atoms with Gasteiger partial charge in [-0.25, -0.2) is 0 Å². The quantitative estimate of drug-likeness (QED) is 0.910. The third kappa shape index (κ3) is 3.17. The summed E-state index contributed by atoms with van der Waals surface area (Å²) in [6.45, 7) is 2.37. The molecule has 0 bridgehead atoms. The zero-order chi connectivity index (χ0) is 16.4. The van der Waals surface area contributed by atoms with Gasteiger partial charge in [0.15, 0.2) is 0 Å². The Kier molecular flexibility index (Phi) is 5.32. The number of rotatable bonds is 4. The summed E-state index contributed by atoms with van der Waals surface area (Å²) < 4.78 is 0. The minimum atomic E-state index is -0.0161. The van der Waals surface area contributed by atoms with Gasteiger partial charge in [0, 0.05) is 30.2 Å². The van der Waals surface area contributed by atoms with Crippen molar-refractivity contribution in [3.05, 3.63) is 34.9 Å². The van der Waals surface area contributed by atoms with Crippen LogP contribution >= 0.6 is 11.6 Å². The van der Waals surface area contributed by atoms with E-state index in [4.69, 9.17) is 11.6 Å². The van der Waals surface area contributed by atoms with Gasteiger partial charge >= 0.3 is 0 Å². The molecule has 2 aliphatic rings. The summed E-state index contributed by atoms with van der Waals surface area (Å²) >= 11 is 6.61. The van der Waals surface area contributed by atoms with E-state index in [0.717, 1.165) is 5.02 Å². The number of halogens is 1. The van der Waals surface area contributed by atoms with Crippen molar-refractivity contribution in [2.75, 3.05) is 34.2 Å². The van der Waals surface area contributed by atoms with Crippen LogP contribution in [0, 0.1) is 0 Å². The molecule has 3 atom stereocenters. The lowest BCUT2D eigenvalue weighted by molar-refractivity contribution is 0.0726. The van der Waals surface area contributed by atoms with Crippen LogP contribution in [-0.4, -0.2) is 56.1 Å². The predicted octanol–water partition coefficient (Wildman–Crippen LogP) is 3.33. The second-order valence-electron chi connectivity index (χ2n) is 7.36. The van der Waals surface area contributed by atoms with Gasteiger partial charge in [0.25, 0.3) is 0 Å². The molecular formula is C19H30ClN3. The Labute approximate surface area is 146 Å². The third-order valence-electron chi connectivity index (χ3n) is 6.03. The minimum absolute atomic E-state index is 0.0161. The molecule has 3 rings (SSSR count). The van der Waals surface area contributed by atoms with Crippen molar-refractivity contribution in [2.24, 2.45) is 0 Å². The monoisotopic (exact) mass is 335 g/mol. The van der Waals surface area contributed by atoms with E-state index in [1.807, 2.05) is 12.1 Å². The highest BCUT2D eigenvalue weighted by Gasteiger charge is 2.46. The van der Waals surface area contributed by atoms with E-state index in [9.17, 15) is 0 Å².